The van der Waals surface area contributed by atoms with E-state index in [0.717, 1.165) is 11.3 Å². The van der Waals surface area contributed by atoms with Gasteiger partial charge in [-0.1, -0.05) is 35.9 Å². The molecular weight excluding hydrogens is 372 g/mol. The zero-order valence-corrected chi connectivity index (χ0v) is 17.0. The van der Waals surface area contributed by atoms with Crippen LogP contribution in [0.2, 0.25) is 0 Å². The topological polar surface area (TPSA) is 67.4 Å². The van der Waals surface area contributed by atoms with Crippen LogP contribution in [0.5, 0.6) is 5.75 Å². The van der Waals surface area contributed by atoms with Crippen molar-refractivity contribution in [2.75, 3.05) is 17.1 Å². The normalized spacial score (nSPS) is 11.1. The molecule has 0 saturated carbocycles. The molecule has 0 fully saturated rings. The summed E-state index contributed by atoms with van der Waals surface area (Å²) in [6.45, 7) is 4.61. The standard InChI is InChI=1S/C22H24N2O3S/c1-16-5-4-6-18(13-16)15-23-19-8-10-20(11-9-19)24-28(25,26)22-14-17(2)7-12-21(22)27-3/h4-14,23-24H,15H2,1-3H3. The molecule has 0 heterocycles. The first-order valence-corrected chi connectivity index (χ1v) is 10.4. The summed E-state index contributed by atoms with van der Waals surface area (Å²) in [4.78, 5) is 0.122. The van der Waals surface area contributed by atoms with E-state index in [9.17, 15) is 8.42 Å². The Balaban J connectivity index is 1.71. The molecule has 0 atom stereocenters. The van der Waals surface area contributed by atoms with Crippen molar-refractivity contribution < 1.29 is 13.2 Å². The number of aryl methyl sites for hydroxylation is 2. The van der Waals surface area contributed by atoms with E-state index >= 15 is 0 Å². The lowest BCUT2D eigenvalue weighted by atomic mass is 10.1. The van der Waals surface area contributed by atoms with Crippen LogP contribution in [-0.4, -0.2) is 15.5 Å². The molecule has 6 heteroatoms. The fourth-order valence-corrected chi connectivity index (χ4v) is 4.20. The first kappa shape index (κ1) is 19.8. The average Bonchev–Trinajstić information content (AvgIpc) is 2.67. The third-order valence-electron chi connectivity index (χ3n) is 4.32. The minimum Gasteiger partial charge on any atom is -0.495 e. The Morgan fingerprint density at radius 3 is 2.21 bits per heavy atom. The van der Waals surface area contributed by atoms with E-state index < -0.39 is 10.0 Å². The Bertz CT molecular complexity index is 1060. The van der Waals surface area contributed by atoms with Gasteiger partial charge in [-0.2, -0.15) is 0 Å². The Hall–Kier alpha value is -2.99. The predicted molar refractivity (Wildman–Crippen MR) is 113 cm³/mol. The first-order valence-electron chi connectivity index (χ1n) is 8.94. The van der Waals surface area contributed by atoms with Crippen molar-refractivity contribution in [1.82, 2.24) is 0 Å². The summed E-state index contributed by atoms with van der Waals surface area (Å²) in [7, 11) is -2.29. The number of ether oxygens (including phenoxy) is 1. The fourth-order valence-electron chi connectivity index (χ4n) is 2.89. The largest absolute Gasteiger partial charge is 0.495 e. The number of sulfonamides is 1. The summed E-state index contributed by atoms with van der Waals surface area (Å²) in [5, 5.41) is 3.34. The molecule has 0 amide bonds. The van der Waals surface area contributed by atoms with Crippen molar-refractivity contribution in [2.45, 2.75) is 25.3 Å². The van der Waals surface area contributed by atoms with E-state index in [1.165, 1.54) is 18.2 Å². The lowest BCUT2D eigenvalue weighted by Gasteiger charge is -2.13. The van der Waals surface area contributed by atoms with Gasteiger partial charge in [-0.05, 0) is 61.4 Å². The fraction of sp³-hybridized carbons (Fsp3) is 0.182. The lowest BCUT2D eigenvalue weighted by Crippen LogP contribution is -2.14. The summed E-state index contributed by atoms with van der Waals surface area (Å²) in [6.07, 6.45) is 0. The van der Waals surface area contributed by atoms with E-state index in [4.69, 9.17) is 4.74 Å². The molecule has 0 aliphatic carbocycles. The second kappa shape index (κ2) is 8.35. The third-order valence-corrected chi connectivity index (χ3v) is 5.73. The third kappa shape index (κ3) is 4.84. The number of anilines is 2. The Morgan fingerprint density at radius 1 is 0.857 bits per heavy atom. The van der Waals surface area contributed by atoms with E-state index in [-0.39, 0.29) is 4.90 Å². The zero-order chi connectivity index (χ0) is 20.1. The summed E-state index contributed by atoms with van der Waals surface area (Å²) >= 11 is 0. The molecule has 28 heavy (non-hydrogen) atoms. The van der Waals surface area contributed by atoms with Crippen LogP contribution in [0.25, 0.3) is 0 Å². The van der Waals surface area contributed by atoms with Crippen molar-refractivity contribution in [3.63, 3.8) is 0 Å². The van der Waals surface area contributed by atoms with Gasteiger partial charge in [0, 0.05) is 17.9 Å². The van der Waals surface area contributed by atoms with Gasteiger partial charge in [-0.15, -0.1) is 0 Å². The summed E-state index contributed by atoms with van der Waals surface area (Å²) in [5.74, 6) is 0.314. The van der Waals surface area contributed by atoms with E-state index in [2.05, 4.69) is 35.2 Å². The van der Waals surface area contributed by atoms with Gasteiger partial charge in [0.15, 0.2) is 0 Å². The van der Waals surface area contributed by atoms with Crippen molar-refractivity contribution in [1.29, 1.82) is 0 Å². The van der Waals surface area contributed by atoms with Crippen molar-refractivity contribution >= 4 is 21.4 Å². The molecule has 0 aliphatic heterocycles. The Morgan fingerprint density at radius 2 is 1.54 bits per heavy atom. The van der Waals surface area contributed by atoms with Gasteiger partial charge in [-0.25, -0.2) is 8.42 Å². The molecular formula is C22H24N2O3S. The number of benzene rings is 3. The van der Waals surface area contributed by atoms with E-state index in [1.54, 1.807) is 24.3 Å². The minimum absolute atomic E-state index is 0.122. The molecule has 3 aromatic rings. The van der Waals surface area contributed by atoms with Crippen LogP contribution in [0.1, 0.15) is 16.7 Å². The van der Waals surface area contributed by atoms with Gasteiger partial charge in [0.05, 0.1) is 7.11 Å². The minimum atomic E-state index is -3.75. The van der Waals surface area contributed by atoms with Gasteiger partial charge in [0.1, 0.15) is 10.6 Å². The zero-order valence-electron chi connectivity index (χ0n) is 16.2. The molecule has 5 nitrogen and oxygen atoms in total. The lowest BCUT2D eigenvalue weighted by molar-refractivity contribution is 0.402. The molecule has 0 bridgehead atoms. The molecule has 0 radical (unpaired) electrons. The molecule has 0 saturated heterocycles. The van der Waals surface area contributed by atoms with Gasteiger partial charge in [0.2, 0.25) is 0 Å². The summed E-state index contributed by atoms with van der Waals surface area (Å²) < 4.78 is 33.3. The molecule has 2 N–H and O–H groups in total. The van der Waals surface area contributed by atoms with Crippen LogP contribution in [0, 0.1) is 13.8 Å². The highest BCUT2D eigenvalue weighted by molar-refractivity contribution is 7.92. The van der Waals surface area contributed by atoms with Crippen LogP contribution in [0.3, 0.4) is 0 Å². The monoisotopic (exact) mass is 396 g/mol. The number of hydrogen-bond donors (Lipinski definition) is 2. The number of methoxy groups -OCH3 is 1. The number of nitrogens with one attached hydrogen (secondary N) is 2. The van der Waals surface area contributed by atoms with Crippen molar-refractivity contribution in [3.05, 3.63) is 83.4 Å². The van der Waals surface area contributed by atoms with Gasteiger partial charge in [-0.3, -0.25) is 4.72 Å². The van der Waals surface area contributed by atoms with Crippen molar-refractivity contribution in [2.24, 2.45) is 0 Å². The SMILES string of the molecule is COc1ccc(C)cc1S(=O)(=O)Nc1ccc(NCc2cccc(C)c2)cc1. The van der Waals surface area contributed by atoms with Gasteiger partial charge in [0.25, 0.3) is 10.0 Å². The smallest absolute Gasteiger partial charge is 0.265 e. The molecule has 3 rings (SSSR count). The molecule has 0 spiro atoms. The van der Waals surface area contributed by atoms with Crippen LogP contribution < -0.4 is 14.8 Å². The van der Waals surface area contributed by atoms with E-state index in [1.807, 2.05) is 31.2 Å². The van der Waals surface area contributed by atoms with Crippen LogP contribution in [0.4, 0.5) is 11.4 Å². The van der Waals surface area contributed by atoms with Gasteiger partial charge < -0.3 is 10.1 Å². The van der Waals surface area contributed by atoms with Crippen LogP contribution >= 0.6 is 0 Å². The molecule has 3 aromatic carbocycles. The average molecular weight is 397 g/mol. The molecule has 0 aliphatic rings. The summed E-state index contributed by atoms with van der Waals surface area (Å²) in [5.41, 5.74) is 4.66. The highest BCUT2D eigenvalue weighted by Gasteiger charge is 2.19. The molecule has 0 aromatic heterocycles. The maximum Gasteiger partial charge on any atom is 0.265 e. The number of rotatable bonds is 7. The Labute approximate surface area is 166 Å². The highest BCUT2D eigenvalue weighted by Crippen LogP contribution is 2.27. The van der Waals surface area contributed by atoms with E-state index in [0.29, 0.717) is 18.0 Å². The predicted octanol–water partition coefficient (Wildman–Crippen LogP) is 4.72. The molecule has 146 valence electrons. The quantitative estimate of drug-likeness (QED) is 0.606. The van der Waals surface area contributed by atoms with Gasteiger partial charge >= 0.3 is 0 Å². The van der Waals surface area contributed by atoms with Crippen molar-refractivity contribution in [3.8, 4) is 5.75 Å². The van der Waals surface area contributed by atoms with Crippen LogP contribution in [-0.2, 0) is 16.6 Å². The maximum absolute atomic E-state index is 12.8. The number of hydrogen-bond acceptors (Lipinski definition) is 4. The second-order valence-electron chi connectivity index (χ2n) is 6.68. The first-order chi connectivity index (χ1) is 13.4. The Kier molecular flexibility index (Phi) is 5.90. The highest BCUT2D eigenvalue weighted by atomic mass is 32.2. The summed E-state index contributed by atoms with van der Waals surface area (Å²) in [6, 6.07) is 20.5. The second-order valence-corrected chi connectivity index (χ2v) is 8.33. The molecule has 0 unspecified atom stereocenters. The van der Waals surface area contributed by atoms with Crippen LogP contribution in [0.15, 0.2) is 71.6 Å². The maximum atomic E-state index is 12.8.